The molecule has 1 amide bonds. The first-order valence-electron chi connectivity index (χ1n) is 10.6. The Bertz CT molecular complexity index is 588. The van der Waals surface area contributed by atoms with Crippen molar-refractivity contribution in [2.24, 2.45) is 0 Å². The molecule has 0 heterocycles. The average molecular weight is 436 g/mol. The lowest BCUT2D eigenvalue weighted by Crippen LogP contribution is -2.33. The fourth-order valence-electron chi connectivity index (χ4n) is 3.66. The van der Waals surface area contributed by atoms with E-state index in [9.17, 15) is 4.79 Å². The minimum absolute atomic E-state index is 0.00508. The fraction of sp³-hybridized carbons (Fsp3) is 0.609. The van der Waals surface area contributed by atoms with Gasteiger partial charge in [-0.1, -0.05) is 73.7 Å². The van der Waals surface area contributed by atoms with Gasteiger partial charge < -0.3 is 10.1 Å². The summed E-state index contributed by atoms with van der Waals surface area (Å²) in [5.41, 5.74) is 0.917. The smallest absolute Gasteiger partial charge is 0.244 e. The van der Waals surface area contributed by atoms with Crippen LogP contribution in [0.25, 0.3) is 6.08 Å². The van der Waals surface area contributed by atoms with E-state index in [0.29, 0.717) is 12.6 Å². The zero-order chi connectivity index (χ0) is 19.3. The van der Waals surface area contributed by atoms with E-state index in [2.05, 4.69) is 21.2 Å². The first kappa shape index (κ1) is 22.0. The van der Waals surface area contributed by atoms with Crippen LogP contribution in [0.2, 0.25) is 0 Å². The predicted molar refractivity (Wildman–Crippen MR) is 117 cm³/mol. The molecule has 0 radical (unpaired) electrons. The van der Waals surface area contributed by atoms with Crippen LogP contribution < -0.4 is 10.1 Å². The molecule has 0 aromatic heterocycles. The lowest BCUT2D eigenvalue weighted by atomic mass is 9.98. The molecule has 1 saturated carbocycles. The second kappa shape index (κ2) is 13.0. The van der Waals surface area contributed by atoms with E-state index in [1.807, 2.05) is 31.2 Å². The van der Waals surface area contributed by atoms with Gasteiger partial charge in [-0.25, -0.2) is 0 Å². The molecular weight excluding hydrogens is 402 g/mol. The third kappa shape index (κ3) is 8.96. The topological polar surface area (TPSA) is 38.3 Å². The van der Waals surface area contributed by atoms with E-state index in [0.717, 1.165) is 28.6 Å². The Morgan fingerprint density at radius 2 is 1.67 bits per heavy atom. The van der Waals surface area contributed by atoms with Crippen molar-refractivity contribution in [3.63, 3.8) is 0 Å². The Kier molecular flexibility index (Phi) is 10.6. The maximum atomic E-state index is 12.5. The number of rotatable bonds is 5. The van der Waals surface area contributed by atoms with Crippen LogP contribution in [-0.4, -0.2) is 18.6 Å². The van der Waals surface area contributed by atoms with Gasteiger partial charge in [0.2, 0.25) is 5.91 Å². The highest BCUT2D eigenvalue weighted by Gasteiger charge is 2.11. The second-order valence-electron chi connectivity index (χ2n) is 7.41. The SMILES string of the molecule is CCOc1ccc(Br)cc1/C=C/C(=O)NC1CCCCCCCCCCC1. The lowest BCUT2D eigenvalue weighted by Gasteiger charge is -2.18. The van der Waals surface area contributed by atoms with Crippen molar-refractivity contribution in [1.82, 2.24) is 5.32 Å². The Labute approximate surface area is 173 Å². The maximum absolute atomic E-state index is 12.5. The van der Waals surface area contributed by atoms with E-state index >= 15 is 0 Å². The molecule has 0 spiro atoms. The molecule has 0 saturated heterocycles. The Hall–Kier alpha value is -1.29. The van der Waals surface area contributed by atoms with Gasteiger partial charge in [0.1, 0.15) is 5.75 Å². The first-order valence-corrected chi connectivity index (χ1v) is 11.4. The quantitative estimate of drug-likeness (QED) is 0.525. The standard InChI is InChI=1S/C23H34BrNO2/c1-2-27-22-16-15-20(24)18-19(22)14-17-23(26)25-21-12-10-8-6-4-3-5-7-9-11-13-21/h14-18,21H,2-13H2,1H3,(H,25,26)/b17-14+. The van der Waals surface area contributed by atoms with Crippen molar-refractivity contribution in [3.8, 4) is 5.75 Å². The maximum Gasteiger partial charge on any atom is 0.244 e. The van der Waals surface area contributed by atoms with Gasteiger partial charge in [0.25, 0.3) is 0 Å². The summed E-state index contributed by atoms with van der Waals surface area (Å²) in [5, 5.41) is 3.23. The van der Waals surface area contributed by atoms with Crippen molar-refractivity contribution in [3.05, 3.63) is 34.3 Å². The molecule has 1 N–H and O–H groups in total. The summed E-state index contributed by atoms with van der Waals surface area (Å²) < 4.78 is 6.63. The number of benzene rings is 1. The van der Waals surface area contributed by atoms with E-state index in [4.69, 9.17) is 4.74 Å². The Morgan fingerprint density at radius 3 is 2.26 bits per heavy atom. The van der Waals surface area contributed by atoms with Gasteiger partial charge >= 0.3 is 0 Å². The van der Waals surface area contributed by atoms with Gasteiger partial charge in [0, 0.05) is 22.2 Å². The minimum atomic E-state index is -0.00508. The van der Waals surface area contributed by atoms with Crippen LogP contribution in [0.3, 0.4) is 0 Å². The molecule has 1 aliphatic rings. The summed E-state index contributed by atoms with van der Waals surface area (Å²) >= 11 is 3.49. The number of ether oxygens (including phenoxy) is 1. The molecule has 1 aliphatic carbocycles. The normalized spacial score (nSPS) is 17.9. The van der Waals surface area contributed by atoms with Crippen LogP contribution in [0.4, 0.5) is 0 Å². The van der Waals surface area contributed by atoms with Crippen LogP contribution in [-0.2, 0) is 4.79 Å². The molecular formula is C23H34BrNO2. The Balaban J connectivity index is 1.91. The summed E-state index contributed by atoms with van der Waals surface area (Å²) in [6.07, 6.45) is 17.5. The molecule has 1 aromatic rings. The Morgan fingerprint density at radius 1 is 1.07 bits per heavy atom. The first-order chi connectivity index (χ1) is 13.2. The fourth-order valence-corrected chi connectivity index (χ4v) is 4.04. The minimum Gasteiger partial charge on any atom is -0.493 e. The van der Waals surface area contributed by atoms with Crippen LogP contribution >= 0.6 is 15.9 Å². The zero-order valence-electron chi connectivity index (χ0n) is 16.6. The summed E-state index contributed by atoms with van der Waals surface area (Å²) in [5.74, 6) is 0.797. The number of hydrogen-bond donors (Lipinski definition) is 1. The van der Waals surface area contributed by atoms with Crippen molar-refractivity contribution >= 4 is 27.9 Å². The highest BCUT2D eigenvalue weighted by Crippen LogP contribution is 2.24. The highest BCUT2D eigenvalue weighted by molar-refractivity contribution is 9.10. The van der Waals surface area contributed by atoms with Gasteiger partial charge in [-0.05, 0) is 44.0 Å². The van der Waals surface area contributed by atoms with E-state index in [1.165, 1.54) is 57.8 Å². The van der Waals surface area contributed by atoms with Gasteiger partial charge in [-0.3, -0.25) is 4.79 Å². The molecule has 1 aromatic carbocycles. The van der Waals surface area contributed by atoms with Crippen molar-refractivity contribution in [2.45, 2.75) is 83.6 Å². The van der Waals surface area contributed by atoms with Gasteiger partial charge in [0.05, 0.1) is 6.61 Å². The lowest BCUT2D eigenvalue weighted by molar-refractivity contribution is -0.117. The number of hydrogen-bond acceptors (Lipinski definition) is 2. The van der Waals surface area contributed by atoms with Crippen LogP contribution in [0, 0.1) is 0 Å². The van der Waals surface area contributed by atoms with E-state index < -0.39 is 0 Å². The molecule has 150 valence electrons. The molecule has 0 bridgehead atoms. The van der Waals surface area contributed by atoms with Crippen LogP contribution in [0.15, 0.2) is 28.7 Å². The largest absolute Gasteiger partial charge is 0.493 e. The molecule has 1 fully saturated rings. The van der Waals surface area contributed by atoms with Crippen LogP contribution in [0.1, 0.15) is 83.1 Å². The summed E-state index contributed by atoms with van der Waals surface area (Å²) in [6, 6.07) is 6.16. The second-order valence-corrected chi connectivity index (χ2v) is 8.33. The summed E-state index contributed by atoms with van der Waals surface area (Å²) in [7, 11) is 0. The third-order valence-corrected chi connectivity index (χ3v) is 5.63. The molecule has 3 nitrogen and oxygen atoms in total. The molecule has 0 atom stereocenters. The number of nitrogens with one attached hydrogen (secondary N) is 1. The molecule has 0 unspecified atom stereocenters. The summed E-state index contributed by atoms with van der Waals surface area (Å²) in [4.78, 5) is 12.5. The van der Waals surface area contributed by atoms with Crippen molar-refractivity contribution < 1.29 is 9.53 Å². The molecule has 27 heavy (non-hydrogen) atoms. The number of halogens is 1. The van der Waals surface area contributed by atoms with Crippen LogP contribution in [0.5, 0.6) is 5.75 Å². The zero-order valence-corrected chi connectivity index (χ0v) is 18.2. The van der Waals surface area contributed by atoms with Crippen molar-refractivity contribution in [1.29, 1.82) is 0 Å². The van der Waals surface area contributed by atoms with Gasteiger partial charge in [0.15, 0.2) is 0 Å². The predicted octanol–water partition coefficient (Wildman–Crippen LogP) is 6.65. The van der Waals surface area contributed by atoms with E-state index in [-0.39, 0.29) is 5.91 Å². The number of carbonyl (C=O) groups excluding carboxylic acids is 1. The average Bonchev–Trinajstić information content (AvgIpc) is 2.64. The van der Waals surface area contributed by atoms with Gasteiger partial charge in [-0.2, -0.15) is 0 Å². The molecule has 0 aliphatic heterocycles. The summed E-state index contributed by atoms with van der Waals surface area (Å²) in [6.45, 7) is 2.57. The molecule has 2 rings (SSSR count). The highest BCUT2D eigenvalue weighted by atomic mass is 79.9. The van der Waals surface area contributed by atoms with E-state index in [1.54, 1.807) is 6.08 Å². The number of carbonyl (C=O) groups is 1. The molecule has 4 heteroatoms. The van der Waals surface area contributed by atoms with Gasteiger partial charge in [-0.15, -0.1) is 0 Å². The monoisotopic (exact) mass is 435 g/mol. The number of amides is 1. The third-order valence-electron chi connectivity index (χ3n) is 5.14. The van der Waals surface area contributed by atoms with Crippen molar-refractivity contribution in [2.75, 3.05) is 6.61 Å².